The highest BCUT2D eigenvalue weighted by molar-refractivity contribution is 5.95. The van der Waals surface area contributed by atoms with Crippen LogP contribution in [0, 0.1) is 5.92 Å². The third-order valence-electron chi connectivity index (χ3n) is 4.05. The molecule has 0 rings (SSSR count). The van der Waals surface area contributed by atoms with Crippen molar-refractivity contribution >= 4 is 35.6 Å². The van der Waals surface area contributed by atoms with Crippen molar-refractivity contribution in [3.63, 3.8) is 0 Å². The highest BCUT2D eigenvalue weighted by Crippen LogP contribution is 2.08. The molecule has 0 aliphatic carbocycles. The molecule has 0 aliphatic rings. The van der Waals surface area contributed by atoms with Gasteiger partial charge in [-0.1, -0.05) is 13.8 Å². The van der Waals surface area contributed by atoms with E-state index in [9.17, 15) is 28.8 Å². The van der Waals surface area contributed by atoms with Gasteiger partial charge in [0, 0.05) is 6.42 Å². The van der Waals surface area contributed by atoms with E-state index >= 15 is 0 Å². The van der Waals surface area contributed by atoms with Crippen LogP contribution in [0.15, 0.2) is 0 Å². The van der Waals surface area contributed by atoms with Crippen molar-refractivity contribution in [1.82, 2.24) is 16.0 Å². The number of carboxylic acids is 2. The Bertz CT molecular complexity index is 694. The second-order valence-electron chi connectivity index (χ2n) is 7.54. The Morgan fingerprint density at radius 1 is 0.806 bits per heavy atom. The van der Waals surface area contributed by atoms with E-state index in [1.807, 2.05) is 0 Å². The maximum atomic E-state index is 12.7. The second kappa shape index (κ2) is 13.2. The van der Waals surface area contributed by atoms with Gasteiger partial charge in [0.05, 0.1) is 12.5 Å². The third-order valence-corrected chi connectivity index (χ3v) is 4.05. The predicted molar refractivity (Wildman–Crippen MR) is 107 cm³/mol. The van der Waals surface area contributed by atoms with E-state index in [1.54, 1.807) is 13.8 Å². The average molecular weight is 445 g/mol. The molecule has 13 nitrogen and oxygen atoms in total. The number of hydrogen-bond acceptors (Lipinski definition) is 7. The topological polar surface area (TPSA) is 231 Å². The minimum atomic E-state index is -1.59. The summed E-state index contributed by atoms with van der Waals surface area (Å²) in [6, 6.07) is -5.03. The fourth-order valence-corrected chi connectivity index (χ4v) is 2.49. The van der Waals surface area contributed by atoms with Crippen LogP contribution in [0.5, 0.6) is 0 Å². The first kappa shape index (κ1) is 27.8. The molecule has 0 fully saturated rings. The molecular weight excluding hydrogens is 414 g/mol. The maximum Gasteiger partial charge on any atom is 0.326 e. The number of carbonyl (C=O) groups is 6. The van der Waals surface area contributed by atoms with Crippen LogP contribution >= 0.6 is 0 Å². The summed E-state index contributed by atoms with van der Waals surface area (Å²) in [5, 5.41) is 24.9. The number of aliphatic carboxylic acids is 2. The van der Waals surface area contributed by atoms with Gasteiger partial charge in [0.2, 0.25) is 23.6 Å². The molecule has 31 heavy (non-hydrogen) atoms. The molecule has 0 heterocycles. The van der Waals surface area contributed by atoms with Crippen molar-refractivity contribution < 1.29 is 39.0 Å². The lowest BCUT2D eigenvalue weighted by Gasteiger charge is -2.25. The van der Waals surface area contributed by atoms with Gasteiger partial charge >= 0.3 is 11.9 Å². The number of nitrogens with two attached hydrogens (primary N) is 2. The predicted octanol–water partition coefficient (Wildman–Crippen LogP) is -2.34. The lowest BCUT2D eigenvalue weighted by Crippen LogP contribution is -2.57. The number of rotatable bonds is 14. The summed E-state index contributed by atoms with van der Waals surface area (Å²) in [5.74, 6) is -6.12. The van der Waals surface area contributed by atoms with Crippen molar-refractivity contribution in [3.05, 3.63) is 0 Å². The van der Waals surface area contributed by atoms with Crippen molar-refractivity contribution in [2.24, 2.45) is 17.4 Å². The molecule has 0 aromatic rings. The molecule has 0 saturated heterocycles. The fourth-order valence-electron chi connectivity index (χ4n) is 2.49. The van der Waals surface area contributed by atoms with Gasteiger partial charge in [-0.3, -0.25) is 24.0 Å². The van der Waals surface area contributed by atoms with Gasteiger partial charge in [-0.15, -0.1) is 0 Å². The number of carboxylic acid groups (broad SMARTS) is 2. The first-order chi connectivity index (χ1) is 14.2. The van der Waals surface area contributed by atoms with Crippen LogP contribution in [0.3, 0.4) is 0 Å². The number of amides is 4. The Hall–Kier alpha value is -3.22. The Labute approximate surface area is 179 Å². The van der Waals surface area contributed by atoms with Gasteiger partial charge < -0.3 is 37.6 Å². The molecule has 4 atom stereocenters. The molecule has 9 N–H and O–H groups in total. The van der Waals surface area contributed by atoms with Gasteiger partial charge in [-0.2, -0.15) is 0 Å². The molecule has 4 unspecified atom stereocenters. The van der Waals surface area contributed by atoms with Crippen LogP contribution in [0.2, 0.25) is 0 Å². The van der Waals surface area contributed by atoms with E-state index in [1.165, 1.54) is 6.92 Å². The number of carbonyl (C=O) groups excluding carboxylic acids is 4. The van der Waals surface area contributed by atoms with Crippen molar-refractivity contribution in [2.75, 3.05) is 0 Å². The Kier molecular flexibility index (Phi) is 11.8. The number of hydrogen-bond donors (Lipinski definition) is 7. The first-order valence-electron chi connectivity index (χ1n) is 9.64. The molecule has 0 aromatic carbocycles. The smallest absolute Gasteiger partial charge is 0.326 e. The van der Waals surface area contributed by atoms with Crippen LogP contribution < -0.4 is 27.4 Å². The minimum absolute atomic E-state index is 0.105. The quantitative estimate of drug-likeness (QED) is 0.151. The van der Waals surface area contributed by atoms with E-state index in [0.29, 0.717) is 0 Å². The monoisotopic (exact) mass is 445 g/mol. The summed E-state index contributed by atoms with van der Waals surface area (Å²) in [7, 11) is 0. The molecule has 0 spiro atoms. The fraction of sp³-hybridized carbons (Fsp3) is 0.667. The van der Waals surface area contributed by atoms with Crippen LogP contribution in [0.4, 0.5) is 0 Å². The third kappa shape index (κ3) is 11.5. The molecule has 13 heteroatoms. The van der Waals surface area contributed by atoms with Crippen LogP contribution in [0.1, 0.15) is 46.5 Å². The van der Waals surface area contributed by atoms with Gasteiger partial charge in [0.25, 0.3) is 0 Å². The Morgan fingerprint density at radius 2 is 1.29 bits per heavy atom. The first-order valence-corrected chi connectivity index (χ1v) is 9.64. The highest BCUT2D eigenvalue weighted by atomic mass is 16.4. The molecule has 0 aliphatic heterocycles. The van der Waals surface area contributed by atoms with Crippen molar-refractivity contribution in [3.8, 4) is 0 Å². The van der Waals surface area contributed by atoms with E-state index in [2.05, 4.69) is 16.0 Å². The largest absolute Gasteiger partial charge is 0.481 e. The molecule has 0 radical (unpaired) electrons. The molecule has 176 valence electrons. The average Bonchev–Trinajstić information content (AvgIpc) is 2.62. The minimum Gasteiger partial charge on any atom is -0.481 e. The summed E-state index contributed by atoms with van der Waals surface area (Å²) in [6.07, 6.45) is -1.23. The zero-order chi connectivity index (χ0) is 24.3. The second-order valence-corrected chi connectivity index (χ2v) is 7.54. The van der Waals surface area contributed by atoms with Crippen LogP contribution in [0.25, 0.3) is 0 Å². The van der Waals surface area contributed by atoms with E-state index < -0.39 is 72.6 Å². The van der Waals surface area contributed by atoms with Gasteiger partial charge in [-0.05, 0) is 25.7 Å². The summed E-state index contributed by atoms with van der Waals surface area (Å²) >= 11 is 0. The molecule has 4 amide bonds. The normalized spacial score (nSPS) is 14.6. The van der Waals surface area contributed by atoms with Crippen molar-refractivity contribution in [1.29, 1.82) is 0 Å². The van der Waals surface area contributed by atoms with Gasteiger partial charge in [0.15, 0.2) is 0 Å². The van der Waals surface area contributed by atoms with Crippen molar-refractivity contribution in [2.45, 2.75) is 70.6 Å². The lowest BCUT2D eigenvalue weighted by atomic mass is 10.0. The molecule has 0 saturated carbocycles. The van der Waals surface area contributed by atoms with E-state index in [0.717, 1.165) is 0 Å². The van der Waals surface area contributed by atoms with Crippen LogP contribution in [-0.2, 0) is 28.8 Å². The number of primary amides is 1. The zero-order valence-electron chi connectivity index (χ0n) is 17.7. The summed E-state index contributed by atoms with van der Waals surface area (Å²) in [5.41, 5.74) is 10.5. The van der Waals surface area contributed by atoms with E-state index in [4.69, 9.17) is 21.7 Å². The van der Waals surface area contributed by atoms with E-state index in [-0.39, 0.29) is 18.8 Å². The highest BCUT2D eigenvalue weighted by Gasteiger charge is 2.31. The summed E-state index contributed by atoms with van der Waals surface area (Å²) in [4.78, 5) is 70.3. The molecular formula is C18H31N5O8. The summed E-state index contributed by atoms with van der Waals surface area (Å²) in [6.45, 7) is 4.88. The maximum absolute atomic E-state index is 12.7. The van der Waals surface area contributed by atoms with Gasteiger partial charge in [-0.25, -0.2) is 4.79 Å². The Balaban J connectivity index is 5.49. The number of nitrogens with one attached hydrogen (secondary N) is 3. The summed E-state index contributed by atoms with van der Waals surface area (Å²) < 4.78 is 0. The molecule has 0 bridgehead atoms. The Morgan fingerprint density at radius 3 is 1.71 bits per heavy atom. The standard InChI is InChI=1S/C18H31N5O8/c1-8(2)6-11(17(29)23-12(18(30)31)7-13(20)24)22-16(28)10(4-5-14(25)26)21-15(27)9(3)19/h8-12H,4-7,19H2,1-3H3,(H2,20,24)(H,21,27)(H,22,28)(H,23,29)(H,25,26)(H,30,31). The lowest BCUT2D eigenvalue weighted by molar-refractivity contribution is -0.144. The zero-order valence-corrected chi connectivity index (χ0v) is 17.7. The molecule has 0 aromatic heterocycles. The van der Waals surface area contributed by atoms with Crippen LogP contribution in [-0.4, -0.2) is 69.9 Å². The van der Waals surface area contributed by atoms with Gasteiger partial charge in [0.1, 0.15) is 18.1 Å². The SMILES string of the molecule is CC(C)CC(NC(=O)C(CCC(=O)O)NC(=O)C(C)N)C(=O)NC(CC(N)=O)C(=O)O.